The highest BCUT2D eigenvalue weighted by Gasteiger charge is 2.50. The Kier molecular flexibility index (Phi) is 8.26. The van der Waals surface area contributed by atoms with E-state index >= 15 is 0 Å². The molecular weight excluding hydrogens is 366 g/mol. The molecule has 0 aromatic rings. The Labute approximate surface area is 155 Å². The molecule has 5 unspecified atom stereocenters. The summed E-state index contributed by atoms with van der Waals surface area (Å²) in [5.74, 6) is -6.20. The van der Waals surface area contributed by atoms with E-state index in [2.05, 4.69) is 0 Å². The van der Waals surface area contributed by atoms with E-state index in [1.54, 1.807) is 0 Å². The van der Waals surface area contributed by atoms with Crippen LogP contribution >= 0.6 is 0 Å². The first-order valence-corrected chi connectivity index (χ1v) is 8.46. The number of aliphatic carboxylic acids is 1. The Morgan fingerprint density at radius 2 is 1.93 bits per heavy atom. The molecule has 0 radical (unpaired) electrons. The lowest BCUT2D eigenvalue weighted by molar-refractivity contribution is -0.285. The number of carbonyl (C=O) groups is 3. The molecule has 0 bridgehead atoms. The van der Waals surface area contributed by atoms with Crippen LogP contribution in [-0.2, 0) is 23.9 Å². The molecule has 0 aromatic heterocycles. The van der Waals surface area contributed by atoms with Gasteiger partial charge in [-0.3, -0.25) is 14.4 Å². The number of aliphatic hydroxyl groups excluding tert-OH is 3. The van der Waals surface area contributed by atoms with E-state index in [4.69, 9.17) is 20.3 Å². The van der Waals surface area contributed by atoms with Crippen molar-refractivity contribution in [1.29, 1.82) is 0 Å². The van der Waals surface area contributed by atoms with Gasteiger partial charge in [0.05, 0.1) is 30.8 Å². The van der Waals surface area contributed by atoms with Gasteiger partial charge in [-0.1, -0.05) is 0 Å². The molecule has 27 heavy (non-hydrogen) atoms. The van der Waals surface area contributed by atoms with Gasteiger partial charge in [0.2, 0.25) is 5.79 Å². The van der Waals surface area contributed by atoms with E-state index in [9.17, 15) is 34.8 Å². The average molecular weight is 393 g/mol. The molecule has 0 saturated carbocycles. The summed E-state index contributed by atoms with van der Waals surface area (Å²) in [4.78, 5) is 33.7. The number of esters is 1. The quantitative estimate of drug-likeness (QED) is 0.227. The first-order chi connectivity index (χ1) is 12.4. The van der Waals surface area contributed by atoms with Crippen molar-refractivity contribution in [3.05, 3.63) is 0 Å². The molecule has 7 atom stereocenters. The maximum Gasteiger partial charge on any atom is 0.323 e. The zero-order chi connectivity index (χ0) is 20.9. The van der Waals surface area contributed by atoms with Crippen LogP contribution in [-0.4, -0.2) is 86.1 Å². The highest BCUT2D eigenvalue weighted by Crippen LogP contribution is 2.36. The number of ketones is 1. The van der Waals surface area contributed by atoms with Crippen LogP contribution in [0.2, 0.25) is 0 Å². The van der Waals surface area contributed by atoms with Crippen LogP contribution in [0, 0.1) is 5.92 Å². The molecule has 0 aromatic carbocycles. The van der Waals surface area contributed by atoms with Crippen molar-refractivity contribution >= 4 is 17.7 Å². The third-order valence-corrected chi connectivity index (χ3v) is 4.43. The first-order valence-electron chi connectivity index (χ1n) is 8.46. The number of Topliss-reactive ketones (excluding diaryl/α,β-unsaturated/α-hetero) is 1. The molecule has 1 rings (SSSR count). The Balaban J connectivity index is 2.72. The van der Waals surface area contributed by atoms with Crippen molar-refractivity contribution in [2.45, 2.75) is 69.4 Å². The number of rotatable bonds is 9. The molecule has 0 spiro atoms. The lowest BCUT2D eigenvalue weighted by Crippen LogP contribution is -2.58. The Hall–Kier alpha value is -1.63. The third-order valence-electron chi connectivity index (χ3n) is 4.43. The SMILES string of the molecule is CC(=O)C1(O)CC(O)C(C(C)O)C(C[C@H](O)COC(=O)[C@H](N)CC(=O)O)O1. The lowest BCUT2D eigenvalue weighted by atomic mass is 9.81. The maximum atomic E-state index is 11.6. The highest BCUT2D eigenvalue weighted by molar-refractivity contribution is 5.83. The number of carboxylic acid groups (broad SMARTS) is 1. The molecule has 1 aliphatic heterocycles. The van der Waals surface area contributed by atoms with Crippen molar-refractivity contribution in [2.75, 3.05) is 6.61 Å². The van der Waals surface area contributed by atoms with Crippen LogP contribution in [0.3, 0.4) is 0 Å². The van der Waals surface area contributed by atoms with Crippen LogP contribution in [0.4, 0.5) is 0 Å². The summed E-state index contributed by atoms with van der Waals surface area (Å²) in [5.41, 5.74) is 5.34. The van der Waals surface area contributed by atoms with Gasteiger partial charge in [0.15, 0.2) is 5.78 Å². The standard InChI is InChI=1S/C16H27NO10/c1-7(18)14-11(21)5-16(25,8(2)19)27-12(14)3-9(20)6-26-15(24)10(17)4-13(22)23/h7,9-12,14,18,20-21,25H,3-6,17H2,1-2H3,(H,22,23)/t7?,9-,10+,11?,12?,14?,16?/m0/s1. The molecule has 0 aliphatic carbocycles. The van der Waals surface area contributed by atoms with Crippen LogP contribution < -0.4 is 5.73 Å². The van der Waals surface area contributed by atoms with Gasteiger partial charge >= 0.3 is 11.9 Å². The fourth-order valence-corrected chi connectivity index (χ4v) is 3.00. The summed E-state index contributed by atoms with van der Waals surface area (Å²) in [6.07, 6.45) is -6.12. The summed E-state index contributed by atoms with van der Waals surface area (Å²) in [7, 11) is 0. The zero-order valence-corrected chi connectivity index (χ0v) is 15.1. The highest BCUT2D eigenvalue weighted by atomic mass is 16.6. The van der Waals surface area contributed by atoms with Gasteiger partial charge in [0, 0.05) is 25.7 Å². The minimum atomic E-state index is -2.25. The van der Waals surface area contributed by atoms with Gasteiger partial charge < -0.3 is 40.7 Å². The normalized spacial score (nSPS) is 31.6. The van der Waals surface area contributed by atoms with Crippen LogP contribution in [0.5, 0.6) is 0 Å². The van der Waals surface area contributed by atoms with Gasteiger partial charge in [-0.05, 0) is 6.92 Å². The summed E-state index contributed by atoms with van der Waals surface area (Å²) in [6, 6.07) is -1.39. The van der Waals surface area contributed by atoms with Gasteiger partial charge in [-0.2, -0.15) is 0 Å². The number of hydrogen-bond donors (Lipinski definition) is 6. The largest absolute Gasteiger partial charge is 0.481 e. The molecule has 0 amide bonds. The minimum Gasteiger partial charge on any atom is -0.481 e. The Bertz CT molecular complexity index is 553. The smallest absolute Gasteiger partial charge is 0.323 e. The predicted molar refractivity (Wildman–Crippen MR) is 88.1 cm³/mol. The van der Waals surface area contributed by atoms with Crippen molar-refractivity contribution in [1.82, 2.24) is 0 Å². The second kappa shape index (κ2) is 9.53. The van der Waals surface area contributed by atoms with E-state index in [0.29, 0.717) is 0 Å². The molecule has 11 heteroatoms. The second-order valence-corrected chi connectivity index (χ2v) is 6.81. The third kappa shape index (κ3) is 6.48. The van der Waals surface area contributed by atoms with Crippen LogP contribution in [0.15, 0.2) is 0 Å². The number of hydrogen-bond acceptors (Lipinski definition) is 10. The average Bonchev–Trinajstić information content (AvgIpc) is 2.50. The van der Waals surface area contributed by atoms with E-state index in [-0.39, 0.29) is 6.42 Å². The molecule has 11 nitrogen and oxygen atoms in total. The summed E-state index contributed by atoms with van der Waals surface area (Å²) >= 11 is 0. The Morgan fingerprint density at radius 3 is 2.41 bits per heavy atom. The van der Waals surface area contributed by atoms with Crippen LogP contribution in [0.25, 0.3) is 0 Å². The molecule has 1 fully saturated rings. The molecule has 7 N–H and O–H groups in total. The van der Waals surface area contributed by atoms with Gasteiger partial charge in [-0.15, -0.1) is 0 Å². The second-order valence-electron chi connectivity index (χ2n) is 6.81. The van der Waals surface area contributed by atoms with Gasteiger partial charge in [0.1, 0.15) is 12.6 Å². The molecule has 1 heterocycles. The van der Waals surface area contributed by atoms with E-state index in [0.717, 1.165) is 6.92 Å². The number of carboxylic acids is 1. The van der Waals surface area contributed by atoms with Crippen molar-refractivity contribution in [3.63, 3.8) is 0 Å². The molecule has 1 aliphatic rings. The van der Waals surface area contributed by atoms with Crippen molar-refractivity contribution in [3.8, 4) is 0 Å². The van der Waals surface area contributed by atoms with Crippen molar-refractivity contribution in [2.24, 2.45) is 11.7 Å². The predicted octanol–water partition coefficient (Wildman–Crippen LogP) is -2.49. The van der Waals surface area contributed by atoms with E-state index in [1.165, 1.54) is 6.92 Å². The molecule has 156 valence electrons. The lowest BCUT2D eigenvalue weighted by Gasteiger charge is -2.44. The number of nitrogens with two attached hydrogens (primary N) is 1. The molecule has 1 saturated heterocycles. The van der Waals surface area contributed by atoms with Gasteiger partial charge in [0.25, 0.3) is 0 Å². The maximum absolute atomic E-state index is 11.6. The summed E-state index contributed by atoms with van der Waals surface area (Å²) in [5, 5.41) is 48.9. The van der Waals surface area contributed by atoms with Crippen molar-refractivity contribution < 1.29 is 49.4 Å². The monoisotopic (exact) mass is 393 g/mol. The summed E-state index contributed by atoms with van der Waals surface area (Å²) in [6.45, 7) is 1.92. The fraction of sp³-hybridized carbons (Fsp3) is 0.812. The number of carbonyl (C=O) groups excluding carboxylic acids is 2. The number of ether oxygens (including phenoxy) is 2. The number of aliphatic hydroxyl groups is 4. The zero-order valence-electron chi connectivity index (χ0n) is 15.1. The van der Waals surface area contributed by atoms with Crippen LogP contribution in [0.1, 0.15) is 33.1 Å². The fourth-order valence-electron chi connectivity index (χ4n) is 3.00. The van der Waals surface area contributed by atoms with E-state index < -0.39 is 79.3 Å². The first kappa shape index (κ1) is 23.4. The topological polar surface area (TPSA) is 197 Å². The van der Waals surface area contributed by atoms with E-state index in [1.807, 2.05) is 0 Å². The van der Waals surface area contributed by atoms with Gasteiger partial charge in [-0.25, -0.2) is 0 Å². The summed E-state index contributed by atoms with van der Waals surface area (Å²) < 4.78 is 10.1. The molecular formula is C16H27NO10. The Morgan fingerprint density at radius 1 is 1.33 bits per heavy atom. The minimum absolute atomic E-state index is 0.274.